The highest BCUT2D eigenvalue weighted by molar-refractivity contribution is 5.87. The first kappa shape index (κ1) is 14.4. The molecule has 102 valence electrons. The van der Waals surface area contributed by atoms with Gasteiger partial charge < -0.3 is 20.5 Å². The molecule has 0 aromatic rings. The number of hydrogen-bond acceptors (Lipinski definition) is 5. The SMILES string of the molecule is COC(=O)C1CCC(=O)N1.O=C1CCC(CO)N1. The lowest BCUT2D eigenvalue weighted by Crippen LogP contribution is -2.33. The van der Waals surface area contributed by atoms with Crippen LogP contribution >= 0.6 is 0 Å². The van der Waals surface area contributed by atoms with Crippen LogP contribution in [0.5, 0.6) is 0 Å². The highest BCUT2D eigenvalue weighted by atomic mass is 16.5. The molecule has 2 rings (SSSR count). The molecule has 2 saturated heterocycles. The Morgan fingerprint density at radius 2 is 1.89 bits per heavy atom. The van der Waals surface area contributed by atoms with E-state index in [0.717, 1.165) is 6.42 Å². The fourth-order valence-electron chi connectivity index (χ4n) is 1.75. The lowest BCUT2D eigenvalue weighted by atomic mass is 10.2. The van der Waals surface area contributed by atoms with Gasteiger partial charge >= 0.3 is 5.97 Å². The first-order valence-corrected chi connectivity index (χ1v) is 5.84. The third kappa shape index (κ3) is 4.33. The molecule has 2 aliphatic heterocycles. The van der Waals surface area contributed by atoms with Gasteiger partial charge in [0.2, 0.25) is 11.8 Å². The zero-order chi connectivity index (χ0) is 13.5. The van der Waals surface area contributed by atoms with E-state index in [1.54, 1.807) is 0 Å². The number of aliphatic hydroxyl groups is 1. The van der Waals surface area contributed by atoms with E-state index in [9.17, 15) is 14.4 Å². The third-order valence-corrected chi connectivity index (χ3v) is 2.79. The summed E-state index contributed by atoms with van der Waals surface area (Å²) in [6.45, 7) is 0.0751. The minimum Gasteiger partial charge on any atom is -0.467 e. The molecule has 3 N–H and O–H groups in total. The maximum Gasteiger partial charge on any atom is 0.328 e. The second-order valence-electron chi connectivity index (χ2n) is 4.17. The molecule has 0 spiro atoms. The second-order valence-corrected chi connectivity index (χ2v) is 4.17. The van der Waals surface area contributed by atoms with Gasteiger partial charge in [-0.15, -0.1) is 0 Å². The van der Waals surface area contributed by atoms with E-state index >= 15 is 0 Å². The number of hydrogen-bond donors (Lipinski definition) is 3. The van der Waals surface area contributed by atoms with Gasteiger partial charge in [-0.3, -0.25) is 9.59 Å². The summed E-state index contributed by atoms with van der Waals surface area (Å²) in [4.78, 5) is 31.7. The minimum atomic E-state index is -0.405. The second kappa shape index (κ2) is 6.95. The quantitative estimate of drug-likeness (QED) is 0.534. The summed E-state index contributed by atoms with van der Waals surface area (Å²) in [5.41, 5.74) is 0. The Balaban J connectivity index is 0.000000184. The lowest BCUT2D eigenvalue weighted by Gasteiger charge is -2.04. The summed E-state index contributed by atoms with van der Waals surface area (Å²) >= 11 is 0. The van der Waals surface area contributed by atoms with Crippen molar-refractivity contribution in [2.24, 2.45) is 0 Å². The number of methoxy groups -OCH3 is 1. The monoisotopic (exact) mass is 258 g/mol. The van der Waals surface area contributed by atoms with Gasteiger partial charge in [0.15, 0.2) is 0 Å². The number of nitrogens with one attached hydrogen (secondary N) is 2. The van der Waals surface area contributed by atoms with Crippen molar-refractivity contribution in [1.29, 1.82) is 0 Å². The number of carbonyl (C=O) groups is 3. The number of carbonyl (C=O) groups excluding carboxylic acids is 3. The van der Waals surface area contributed by atoms with Gasteiger partial charge in [0.25, 0.3) is 0 Å². The largest absolute Gasteiger partial charge is 0.467 e. The molecular weight excluding hydrogens is 240 g/mol. The van der Waals surface area contributed by atoms with Crippen molar-refractivity contribution in [2.75, 3.05) is 13.7 Å². The fraction of sp³-hybridized carbons (Fsp3) is 0.727. The Labute approximate surface area is 105 Å². The molecule has 0 aliphatic carbocycles. The minimum absolute atomic E-state index is 0.0301. The zero-order valence-corrected chi connectivity index (χ0v) is 10.3. The molecule has 7 heteroatoms. The van der Waals surface area contributed by atoms with Crippen LogP contribution in [0.3, 0.4) is 0 Å². The van der Waals surface area contributed by atoms with Crippen molar-refractivity contribution in [1.82, 2.24) is 10.6 Å². The van der Waals surface area contributed by atoms with Crippen LogP contribution in [0.25, 0.3) is 0 Å². The predicted octanol–water partition coefficient (Wildman–Crippen LogP) is -1.30. The molecule has 2 aliphatic rings. The number of rotatable bonds is 2. The van der Waals surface area contributed by atoms with Crippen molar-refractivity contribution in [3.05, 3.63) is 0 Å². The fourth-order valence-corrected chi connectivity index (χ4v) is 1.75. The van der Waals surface area contributed by atoms with Crippen molar-refractivity contribution in [3.63, 3.8) is 0 Å². The van der Waals surface area contributed by atoms with Gasteiger partial charge in [-0.05, 0) is 12.8 Å². The molecule has 2 heterocycles. The first-order valence-electron chi connectivity index (χ1n) is 5.84. The van der Waals surface area contributed by atoms with E-state index < -0.39 is 6.04 Å². The van der Waals surface area contributed by atoms with Crippen LogP contribution in [-0.2, 0) is 19.1 Å². The molecule has 0 radical (unpaired) electrons. The molecule has 0 aromatic carbocycles. The average Bonchev–Trinajstić information content (AvgIpc) is 2.97. The van der Waals surface area contributed by atoms with E-state index in [1.165, 1.54) is 7.11 Å². The standard InChI is InChI=1S/C6H9NO3.C5H9NO2/c1-10-6(9)4-2-3-5(8)7-4;7-3-4-1-2-5(8)6-4/h4H,2-3H2,1H3,(H,7,8);4,7H,1-3H2,(H,6,8). The molecule has 2 amide bonds. The summed E-state index contributed by atoms with van der Waals surface area (Å²) in [5, 5.41) is 13.6. The molecule has 0 saturated carbocycles. The van der Waals surface area contributed by atoms with E-state index in [-0.39, 0.29) is 30.4 Å². The topological polar surface area (TPSA) is 105 Å². The Kier molecular flexibility index (Phi) is 5.57. The summed E-state index contributed by atoms with van der Waals surface area (Å²) in [6, 6.07) is -0.375. The number of aliphatic hydroxyl groups excluding tert-OH is 1. The van der Waals surface area contributed by atoms with E-state index in [1.807, 2.05) is 0 Å². The Morgan fingerprint density at radius 3 is 2.22 bits per heavy atom. The van der Waals surface area contributed by atoms with Gasteiger partial charge in [-0.1, -0.05) is 0 Å². The Bertz CT molecular complexity index is 331. The lowest BCUT2D eigenvalue weighted by molar-refractivity contribution is -0.143. The molecule has 2 atom stereocenters. The van der Waals surface area contributed by atoms with Crippen LogP contribution in [0.4, 0.5) is 0 Å². The van der Waals surface area contributed by atoms with Crippen LogP contribution in [0.1, 0.15) is 25.7 Å². The maximum atomic E-state index is 10.7. The average molecular weight is 258 g/mol. The molecule has 0 aromatic heterocycles. The summed E-state index contributed by atoms with van der Waals surface area (Å²) in [6.07, 6.45) is 2.35. The van der Waals surface area contributed by atoms with Crippen LogP contribution in [0.15, 0.2) is 0 Å². The molecule has 0 bridgehead atoms. The van der Waals surface area contributed by atoms with Gasteiger partial charge in [-0.2, -0.15) is 0 Å². The van der Waals surface area contributed by atoms with E-state index in [4.69, 9.17) is 5.11 Å². The molecular formula is C11H18N2O5. The van der Waals surface area contributed by atoms with Gasteiger partial charge in [0.05, 0.1) is 19.8 Å². The molecule has 2 fully saturated rings. The van der Waals surface area contributed by atoms with Gasteiger partial charge in [-0.25, -0.2) is 4.79 Å². The number of ether oxygens (including phenoxy) is 1. The smallest absolute Gasteiger partial charge is 0.328 e. The molecule has 18 heavy (non-hydrogen) atoms. The summed E-state index contributed by atoms with van der Waals surface area (Å²) < 4.78 is 4.43. The van der Waals surface area contributed by atoms with Gasteiger partial charge in [0, 0.05) is 12.8 Å². The van der Waals surface area contributed by atoms with Crippen LogP contribution in [0, 0.1) is 0 Å². The highest BCUT2D eigenvalue weighted by Gasteiger charge is 2.27. The molecule has 2 unspecified atom stereocenters. The summed E-state index contributed by atoms with van der Waals surface area (Å²) in [7, 11) is 1.31. The van der Waals surface area contributed by atoms with Crippen LogP contribution in [-0.4, -0.2) is 48.7 Å². The molecule has 7 nitrogen and oxygen atoms in total. The zero-order valence-electron chi connectivity index (χ0n) is 10.3. The predicted molar refractivity (Wildman–Crippen MR) is 61.4 cm³/mol. The van der Waals surface area contributed by atoms with E-state index in [2.05, 4.69) is 15.4 Å². The maximum absolute atomic E-state index is 10.7. The first-order chi connectivity index (χ1) is 8.56. The van der Waals surface area contributed by atoms with E-state index in [0.29, 0.717) is 19.3 Å². The number of amides is 2. The van der Waals surface area contributed by atoms with Crippen molar-refractivity contribution in [3.8, 4) is 0 Å². The Hall–Kier alpha value is -1.63. The van der Waals surface area contributed by atoms with Crippen molar-refractivity contribution >= 4 is 17.8 Å². The van der Waals surface area contributed by atoms with Crippen molar-refractivity contribution in [2.45, 2.75) is 37.8 Å². The normalized spacial score (nSPS) is 25.9. The van der Waals surface area contributed by atoms with Crippen LogP contribution in [0.2, 0.25) is 0 Å². The third-order valence-electron chi connectivity index (χ3n) is 2.79. The Morgan fingerprint density at radius 1 is 1.28 bits per heavy atom. The van der Waals surface area contributed by atoms with Crippen LogP contribution < -0.4 is 10.6 Å². The van der Waals surface area contributed by atoms with Crippen molar-refractivity contribution < 1.29 is 24.2 Å². The highest BCUT2D eigenvalue weighted by Crippen LogP contribution is 2.07. The number of esters is 1. The van der Waals surface area contributed by atoms with Gasteiger partial charge in [0.1, 0.15) is 6.04 Å². The summed E-state index contributed by atoms with van der Waals surface area (Å²) in [5.74, 6) is -0.370.